The molecule has 0 aliphatic rings. The van der Waals surface area contributed by atoms with Gasteiger partial charge >= 0.3 is 0 Å². The molecule has 0 aliphatic heterocycles. The molecule has 1 aromatic heterocycles. The van der Waals surface area contributed by atoms with Crippen LogP contribution in [0.3, 0.4) is 0 Å². The van der Waals surface area contributed by atoms with E-state index in [0.29, 0.717) is 6.04 Å². The number of para-hydroxylation sites is 1. The Bertz CT molecular complexity index is 502. The summed E-state index contributed by atoms with van der Waals surface area (Å²) in [7, 11) is 0. The fourth-order valence-corrected chi connectivity index (χ4v) is 2.11. The minimum atomic E-state index is -0.116. The van der Waals surface area contributed by atoms with Crippen LogP contribution in [0.2, 0.25) is 0 Å². The maximum Gasteiger partial charge on any atom is 0.137 e. The molecule has 90 valence electrons. The zero-order chi connectivity index (χ0) is 12.3. The highest BCUT2D eigenvalue weighted by atomic mass is 16.1. The second-order valence-electron chi connectivity index (χ2n) is 4.63. The number of hydrogen-bond acceptors (Lipinski definition) is 2. The van der Waals surface area contributed by atoms with E-state index < -0.39 is 0 Å². The molecule has 3 heteroatoms. The van der Waals surface area contributed by atoms with Crippen LogP contribution in [0, 0.1) is 0 Å². The molecule has 17 heavy (non-hydrogen) atoms. The van der Waals surface area contributed by atoms with Gasteiger partial charge in [0.1, 0.15) is 6.29 Å². The maximum absolute atomic E-state index is 11.0. The molecule has 2 rings (SSSR count). The first kappa shape index (κ1) is 11.9. The Balaban J connectivity index is 2.19. The van der Waals surface area contributed by atoms with Crippen molar-refractivity contribution >= 4 is 17.2 Å². The average molecular weight is 230 g/mol. The topological polar surface area (TPSA) is 44.9 Å². The molecule has 0 bridgehead atoms. The van der Waals surface area contributed by atoms with Crippen LogP contribution in [0.25, 0.3) is 10.9 Å². The number of aldehydes is 1. The van der Waals surface area contributed by atoms with Crippen molar-refractivity contribution in [3.63, 3.8) is 0 Å². The Morgan fingerprint density at radius 3 is 2.82 bits per heavy atom. The summed E-state index contributed by atoms with van der Waals surface area (Å²) in [4.78, 5) is 14.3. The fraction of sp³-hybridized carbons (Fsp3) is 0.357. The van der Waals surface area contributed by atoms with Crippen LogP contribution in [0.5, 0.6) is 0 Å². The van der Waals surface area contributed by atoms with Gasteiger partial charge in [-0.05, 0) is 18.1 Å². The Labute approximate surface area is 101 Å². The fourth-order valence-electron chi connectivity index (χ4n) is 2.11. The third kappa shape index (κ3) is 2.74. The summed E-state index contributed by atoms with van der Waals surface area (Å²) in [5.74, 6) is 0. The third-order valence-corrected chi connectivity index (χ3v) is 2.83. The molecule has 0 amide bonds. The van der Waals surface area contributed by atoms with Gasteiger partial charge in [0.05, 0.1) is 6.04 Å². The number of nitrogens with one attached hydrogen (secondary N) is 2. The van der Waals surface area contributed by atoms with Gasteiger partial charge in [-0.2, -0.15) is 0 Å². The summed E-state index contributed by atoms with van der Waals surface area (Å²) in [5.41, 5.74) is 2.31. The van der Waals surface area contributed by atoms with Gasteiger partial charge in [-0.25, -0.2) is 0 Å². The van der Waals surface area contributed by atoms with Crippen molar-refractivity contribution in [2.45, 2.75) is 32.4 Å². The Morgan fingerprint density at radius 1 is 1.35 bits per heavy atom. The molecule has 0 radical (unpaired) electrons. The molecule has 1 atom stereocenters. The van der Waals surface area contributed by atoms with Crippen molar-refractivity contribution in [1.29, 1.82) is 0 Å². The summed E-state index contributed by atoms with van der Waals surface area (Å²) in [6.07, 6.45) is 3.70. The predicted molar refractivity (Wildman–Crippen MR) is 70.1 cm³/mol. The number of H-pyrrole nitrogens is 1. The van der Waals surface area contributed by atoms with Crippen LogP contribution in [0.4, 0.5) is 0 Å². The van der Waals surface area contributed by atoms with E-state index in [1.54, 1.807) is 0 Å². The lowest BCUT2D eigenvalue weighted by Gasteiger charge is -2.15. The average Bonchev–Trinajstić information content (AvgIpc) is 2.71. The van der Waals surface area contributed by atoms with Gasteiger partial charge in [-0.3, -0.25) is 0 Å². The lowest BCUT2D eigenvalue weighted by atomic mass is 10.1. The molecular weight excluding hydrogens is 212 g/mol. The Kier molecular flexibility index (Phi) is 3.59. The monoisotopic (exact) mass is 230 g/mol. The number of carbonyl (C=O) groups excluding carboxylic acids is 1. The molecular formula is C14H18N2O. The lowest BCUT2D eigenvalue weighted by Crippen LogP contribution is -2.37. The van der Waals surface area contributed by atoms with Crippen LogP contribution in [0.15, 0.2) is 30.5 Å². The van der Waals surface area contributed by atoms with Crippen LogP contribution < -0.4 is 5.32 Å². The molecule has 1 aromatic carbocycles. The first-order valence-corrected chi connectivity index (χ1v) is 5.97. The smallest absolute Gasteiger partial charge is 0.137 e. The first-order valence-electron chi connectivity index (χ1n) is 5.97. The molecule has 0 unspecified atom stereocenters. The second kappa shape index (κ2) is 5.15. The number of carbonyl (C=O) groups is 1. The standard InChI is InChI=1S/C14H18N2O/c1-10(2)16-12(9-17)7-11-8-15-14-6-4-3-5-13(11)14/h3-6,8-10,12,15-16H,7H2,1-2H3/t12-/m0/s1. The SMILES string of the molecule is CC(C)N[C@H](C=O)Cc1c[nH]c2ccccc12. The molecule has 2 aromatic rings. The van der Waals surface area contributed by atoms with Crippen molar-refractivity contribution in [2.24, 2.45) is 0 Å². The van der Waals surface area contributed by atoms with E-state index in [9.17, 15) is 4.79 Å². The van der Waals surface area contributed by atoms with Gasteiger partial charge in [0, 0.05) is 23.1 Å². The van der Waals surface area contributed by atoms with Gasteiger partial charge in [-0.1, -0.05) is 32.0 Å². The van der Waals surface area contributed by atoms with E-state index in [4.69, 9.17) is 0 Å². The van der Waals surface area contributed by atoms with Crippen molar-refractivity contribution < 1.29 is 4.79 Å². The van der Waals surface area contributed by atoms with Gasteiger partial charge in [0.2, 0.25) is 0 Å². The number of hydrogen-bond donors (Lipinski definition) is 2. The number of fused-ring (bicyclic) bond motifs is 1. The highest BCUT2D eigenvalue weighted by Gasteiger charge is 2.12. The van der Waals surface area contributed by atoms with E-state index >= 15 is 0 Å². The van der Waals surface area contributed by atoms with Crippen molar-refractivity contribution in [2.75, 3.05) is 0 Å². The van der Waals surface area contributed by atoms with E-state index in [1.807, 2.05) is 38.2 Å². The summed E-state index contributed by atoms with van der Waals surface area (Å²) < 4.78 is 0. The number of benzene rings is 1. The third-order valence-electron chi connectivity index (χ3n) is 2.83. The van der Waals surface area contributed by atoms with Crippen LogP contribution in [-0.4, -0.2) is 23.4 Å². The van der Waals surface area contributed by atoms with E-state index in [0.717, 1.165) is 18.2 Å². The van der Waals surface area contributed by atoms with Gasteiger partial charge in [0.25, 0.3) is 0 Å². The van der Waals surface area contributed by atoms with Crippen LogP contribution >= 0.6 is 0 Å². The quantitative estimate of drug-likeness (QED) is 0.774. The number of aromatic nitrogens is 1. The Morgan fingerprint density at radius 2 is 2.12 bits per heavy atom. The van der Waals surface area contributed by atoms with Crippen molar-refractivity contribution in [1.82, 2.24) is 10.3 Å². The van der Waals surface area contributed by atoms with E-state index in [1.165, 1.54) is 10.9 Å². The molecule has 1 heterocycles. The number of aromatic amines is 1. The zero-order valence-corrected chi connectivity index (χ0v) is 10.2. The molecule has 0 saturated heterocycles. The highest BCUT2D eigenvalue weighted by molar-refractivity contribution is 5.83. The largest absolute Gasteiger partial charge is 0.361 e. The highest BCUT2D eigenvalue weighted by Crippen LogP contribution is 2.18. The zero-order valence-electron chi connectivity index (χ0n) is 10.2. The predicted octanol–water partition coefficient (Wildman–Crippen LogP) is 2.28. The van der Waals surface area contributed by atoms with Crippen LogP contribution in [-0.2, 0) is 11.2 Å². The number of rotatable bonds is 5. The van der Waals surface area contributed by atoms with Gasteiger partial charge in [0.15, 0.2) is 0 Å². The minimum absolute atomic E-state index is 0.116. The van der Waals surface area contributed by atoms with Crippen molar-refractivity contribution in [3.8, 4) is 0 Å². The molecule has 0 saturated carbocycles. The summed E-state index contributed by atoms with van der Waals surface area (Å²) >= 11 is 0. The minimum Gasteiger partial charge on any atom is -0.361 e. The molecule has 3 nitrogen and oxygen atoms in total. The maximum atomic E-state index is 11.0. The first-order chi connectivity index (χ1) is 8.20. The normalized spacial score (nSPS) is 13.1. The summed E-state index contributed by atoms with van der Waals surface area (Å²) in [5, 5.41) is 4.45. The molecule has 2 N–H and O–H groups in total. The lowest BCUT2D eigenvalue weighted by molar-refractivity contribution is -0.109. The summed E-state index contributed by atoms with van der Waals surface area (Å²) in [6, 6.07) is 8.35. The van der Waals surface area contributed by atoms with E-state index in [2.05, 4.69) is 16.4 Å². The Hall–Kier alpha value is -1.61. The molecule has 0 fully saturated rings. The van der Waals surface area contributed by atoms with Gasteiger partial charge < -0.3 is 15.1 Å². The second-order valence-corrected chi connectivity index (χ2v) is 4.63. The molecule has 0 spiro atoms. The van der Waals surface area contributed by atoms with E-state index in [-0.39, 0.29) is 6.04 Å². The molecule has 0 aliphatic carbocycles. The summed E-state index contributed by atoms with van der Waals surface area (Å²) in [6.45, 7) is 4.09. The van der Waals surface area contributed by atoms with Gasteiger partial charge in [-0.15, -0.1) is 0 Å². The van der Waals surface area contributed by atoms with Crippen molar-refractivity contribution in [3.05, 3.63) is 36.0 Å². The van der Waals surface area contributed by atoms with Crippen LogP contribution in [0.1, 0.15) is 19.4 Å².